The van der Waals surface area contributed by atoms with Crippen LogP contribution in [0.1, 0.15) is 77.2 Å². The number of hydrogen-bond donors (Lipinski definition) is 4. The topological polar surface area (TPSA) is 193 Å². The Kier molecular flexibility index (Phi) is 33.6. The van der Waals surface area contributed by atoms with Gasteiger partial charge in [0.25, 0.3) is 10.8 Å². The summed E-state index contributed by atoms with van der Waals surface area (Å²) < 4.78 is 50.0. The zero-order valence-corrected chi connectivity index (χ0v) is 80.2. The molecule has 6 aliphatic rings. The van der Waals surface area contributed by atoms with Gasteiger partial charge < -0.3 is 5.21 Å². The molecule has 21 heteroatoms. The van der Waals surface area contributed by atoms with Crippen molar-refractivity contribution in [3.8, 4) is 66.8 Å². The Bertz CT molecular complexity index is 6820. The summed E-state index contributed by atoms with van der Waals surface area (Å²) in [6, 6.07) is 131. The first-order valence-electron chi connectivity index (χ1n) is 42.6. The molecule has 0 saturated heterocycles. The van der Waals surface area contributed by atoms with Gasteiger partial charge in [0, 0.05) is 31.4 Å². The van der Waals surface area contributed by atoms with Crippen molar-refractivity contribution in [1.29, 1.82) is 0 Å². The van der Waals surface area contributed by atoms with Gasteiger partial charge >= 0.3 is 35.2 Å². The minimum atomic E-state index is -4.67. The van der Waals surface area contributed by atoms with E-state index in [2.05, 4.69) is 432 Å². The third-order valence-corrected chi connectivity index (χ3v) is 27.6. The number of nitrogens with zero attached hydrogens (tertiary/aromatic N) is 3. The Hall–Kier alpha value is -11.2. The first-order chi connectivity index (χ1) is 63.5. The number of nitro groups is 1. The van der Waals surface area contributed by atoms with Crippen molar-refractivity contribution in [2.75, 3.05) is 0 Å². The molecule has 0 amide bonds. The summed E-state index contributed by atoms with van der Waals surface area (Å²) in [5.41, 5.74) is 32.9. The summed E-state index contributed by atoms with van der Waals surface area (Å²) in [5.74, 6) is 0. The number of aryl methyl sites for hydroxylation is 8. The van der Waals surface area contributed by atoms with Crippen molar-refractivity contribution in [2.45, 2.75) is 71.6 Å². The van der Waals surface area contributed by atoms with Gasteiger partial charge in [-0.05, 0) is 304 Å². The molecule has 0 aliphatic heterocycles. The standard InChI is InChI=1S/C18H13Br.C18H15P.C15H11Br.C15H9Br.C14H10BrNO2.C14H11Br.C14H12.CH4.BHNS.HNO3.H2O4S.H2/c19-18-12-16(14-7-3-1-4-8-14)11-17(13-18)15-9-5-2-6-10-15;1-4-10-16(11-5-1)19(17-12-6-2-7-13-17)18-14-8-3-9-15-18;2*16-13-7-11-5-4-9-2-1-3-10-6-12(8-13)15(11)14(9)10;15-11-6-7-12-10(8-11)5-4-9-2-1-3-13(14(9)12)16(17)18;15-12-7-8-14-11(9-12)6-5-10-3-1-2-4-13(10)14;1-3-7-13-11(5-1)9-10-12-6-2-4-8-14(12)13;;1-2-3;2-1(3)4;1-5(2,3)4;/h1-13H;1-15H;1-3,7-8H,4-6H2;1-5,7-8H,6H2;1-3,6-8H,4-5H2;1-4,7-9H,5-6H2;1-8H,9-10H2;1H4;3H;(H,2,3,4);(H2,1,2,3,4);1H/i;;;;;;;;;;;1+1D. The molecule has 0 aromatic heterocycles. The van der Waals surface area contributed by atoms with E-state index in [1.165, 1.54) is 183 Å². The predicted molar refractivity (Wildman–Crippen MR) is 561 cm³/mol. The van der Waals surface area contributed by atoms with Crippen molar-refractivity contribution < 1.29 is 35.7 Å². The van der Waals surface area contributed by atoms with Gasteiger partial charge in [-0.3, -0.25) is 19.2 Å². The van der Waals surface area contributed by atoms with Gasteiger partial charge in [-0.1, -0.05) is 384 Å². The number of nitro benzene ring substituents is 1. The normalized spacial score (nSPS) is 12.0. The minimum Gasteiger partial charge on any atom is -0.0622 e. The number of halogens is 5. The number of thiol groups is 1. The van der Waals surface area contributed by atoms with E-state index in [0.717, 1.165) is 57.7 Å². The molecular formula is C109H91BBr5N3O9PS2. The van der Waals surface area contributed by atoms with Crippen LogP contribution in [0.5, 0.6) is 0 Å². The summed E-state index contributed by atoms with van der Waals surface area (Å²) in [5, 5.41) is 34.6. The molecule has 130 heavy (non-hydrogen) atoms. The molecule has 0 unspecified atom stereocenters. The molecule has 0 heterocycles. The summed E-state index contributed by atoms with van der Waals surface area (Å²) in [6.45, 7) is 0. The molecular weight excluding hydrogens is 2000 g/mol. The number of hydrogen-bond acceptors (Lipinski definition) is 8. The number of benzene rings is 17. The first kappa shape index (κ1) is 94.9. The van der Waals surface area contributed by atoms with Crippen molar-refractivity contribution >= 4 is 162 Å². The molecule has 17 aromatic rings. The van der Waals surface area contributed by atoms with Gasteiger partial charge in [0.15, 0.2) is 0 Å². The second-order valence-electron chi connectivity index (χ2n) is 30.9. The summed E-state index contributed by atoms with van der Waals surface area (Å²) in [7, 11) is -0.776. The van der Waals surface area contributed by atoms with Crippen molar-refractivity contribution in [1.82, 2.24) is 0 Å². The molecule has 0 atom stereocenters. The van der Waals surface area contributed by atoms with Crippen LogP contribution in [-0.4, -0.2) is 40.4 Å². The van der Waals surface area contributed by atoms with Crippen molar-refractivity contribution in [3.63, 3.8) is 0 Å². The Morgan fingerprint density at radius 2 is 0.646 bits per heavy atom. The summed E-state index contributed by atoms with van der Waals surface area (Å²) >= 11 is 21.0. The van der Waals surface area contributed by atoms with E-state index >= 15 is 0 Å². The molecule has 651 valence electrons. The van der Waals surface area contributed by atoms with E-state index in [1.807, 2.05) is 30.3 Å². The fraction of sp³-hybridized carbons (Fsp3) is 0.101. The van der Waals surface area contributed by atoms with E-state index in [1.54, 1.807) is 28.8 Å². The van der Waals surface area contributed by atoms with Crippen LogP contribution in [0.2, 0.25) is 0 Å². The van der Waals surface area contributed by atoms with E-state index in [0.29, 0.717) is 0 Å². The van der Waals surface area contributed by atoms with E-state index in [9.17, 15) is 10.1 Å². The van der Waals surface area contributed by atoms with Crippen molar-refractivity contribution in [2.24, 2.45) is 4.30 Å². The zero-order chi connectivity index (χ0) is 92.5. The van der Waals surface area contributed by atoms with Crippen LogP contribution in [0, 0.1) is 20.2 Å². The Morgan fingerprint density at radius 3 is 1.14 bits per heavy atom. The first-order valence-corrected chi connectivity index (χ1v) is 48.7. The van der Waals surface area contributed by atoms with Crippen LogP contribution >= 0.6 is 100 Å². The molecule has 0 bridgehead atoms. The molecule has 17 aromatic carbocycles. The minimum absolute atomic E-state index is 0. The molecule has 12 nitrogen and oxygen atoms in total. The fourth-order valence-electron chi connectivity index (χ4n) is 17.5. The third-order valence-electron chi connectivity index (χ3n) is 22.8. The maximum absolute atomic E-state index is 11.1. The smallest absolute Gasteiger partial charge is 0.0134 e. The Labute approximate surface area is 812 Å². The molecule has 0 spiro atoms. The Balaban J connectivity index is 0.000000136. The third kappa shape index (κ3) is 24.9. The molecule has 0 fully saturated rings. The van der Waals surface area contributed by atoms with E-state index < -0.39 is 23.4 Å². The number of rotatable bonds is 6. The molecule has 6 aliphatic carbocycles. The van der Waals surface area contributed by atoms with Crippen LogP contribution in [-0.2, 0) is 74.6 Å². The average Bonchev–Trinajstić information content (AvgIpc) is 1.58. The number of fused-ring (bicyclic) bond motifs is 9. The SMILES string of the molecule is Brc1cc(-c2ccccc2)cc(-c2ccccc2)c1.Brc1cc2c3c(c1)Cc1cccc(c1-3)CC2.Brc1cc2c3c(ccc4cccc(c43)C2)c1.Brc1ccc2c(c1)CCc1ccccc1-2.C.O=S(=O)(O)O.O=[N+]([O-])O.O=[N+]([O-])c1cccc2c1-c1ccc(Br)cc1CC2.[2H][2H].[B]=NS.c1ccc(P(c2ccccc2)c2ccccc2)cc1.c1ccc2c(c1)CCc1ccccc1-2. The monoisotopic (exact) mass is 2090 g/mol. The van der Waals surface area contributed by atoms with Crippen LogP contribution in [0.4, 0.5) is 5.69 Å². The van der Waals surface area contributed by atoms with Gasteiger partial charge in [0.1, 0.15) is 0 Å². The molecule has 3 N–H and O–H groups in total. The van der Waals surface area contributed by atoms with Crippen LogP contribution in [0.15, 0.2) is 397 Å². The molecule has 23 rings (SSSR count). The van der Waals surface area contributed by atoms with E-state index in [4.69, 9.17) is 35.8 Å². The average molecular weight is 2090 g/mol. The second-order valence-corrected chi connectivity index (χ2v) is 38.8. The maximum Gasteiger partial charge on any atom is -0.0134 e. The zero-order valence-electron chi connectivity index (χ0n) is 71.7. The maximum atomic E-state index is 11.1. The quantitative estimate of drug-likeness (QED) is 0.0238. The van der Waals surface area contributed by atoms with Crippen LogP contribution in [0.3, 0.4) is 0 Å². The van der Waals surface area contributed by atoms with E-state index in [-0.39, 0.29) is 18.0 Å². The largest absolute Gasteiger partial charge is 0.0622 e. The van der Waals surface area contributed by atoms with Crippen molar-refractivity contribution in [3.05, 3.63) is 479 Å². The van der Waals surface area contributed by atoms with Crippen LogP contribution in [0.25, 0.3) is 88.3 Å². The second kappa shape index (κ2) is 46.0. The predicted octanol–water partition coefficient (Wildman–Crippen LogP) is 29.9. The van der Waals surface area contributed by atoms with Gasteiger partial charge in [-0.25, -0.2) is 0 Å². The van der Waals surface area contributed by atoms with Crippen LogP contribution < -0.4 is 15.9 Å². The van der Waals surface area contributed by atoms with Gasteiger partial charge in [0.05, 0.1) is 10.5 Å². The summed E-state index contributed by atoms with van der Waals surface area (Å²) in [4.78, 5) is 19.2. The Morgan fingerprint density at radius 1 is 0.331 bits per heavy atom. The van der Waals surface area contributed by atoms with Gasteiger partial charge in [-0.15, -0.1) is 10.1 Å². The molecule has 1 radical (unpaired) electrons. The summed E-state index contributed by atoms with van der Waals surface area (Å²) in [6.07, 6.45) is 11.1. The van der Waals surface area contributed by atoms with Gasteiger partial charge in [0.2, 0.25) is 0 Å². The van der Waals surface area contributed by atoms with Gasteiger partial charge in [-0.2, -0.15) is 8.42 Å². The molecule has 0 saturated carbocycles. The fourth-order valence-corrected chi connectivity index (χ4v) is 22.2.